The summed E-state index contributed by atoms with van der Waals surface area (Å²) in [6.45, 7) is 2.24. The quantitative estimate of drug-likeness (QED) is 0.232. The zero-order valence-corrected chi connectivity index (χ0v) is 25.8. The summed E-state index contributed by atoms with van der Waals surface area (Å²) in [6.07, 6.45) is 5.55. The number of aryl methyl sites for hydroxylation is 1. The Hall–Kier alpha value is -5.57. The fourth-order valence-electron chi connectivity index (χ4n) is 5.12. The number of β-amino-alcohol motifs (C(OH)–C–C–N with tert-alkyl or cyclic N) is 1. The maximum absolute atomic E-state index is 13.4. The summed E-state index contributed by atoms with van der Waals surface area (Å²) in [7, 11) is 1.62. The lowest BCUT2D eigenvalue weighted by Gasteiger charge is -2.46. The van der Waals surface area contributed by atoms with Crippen molar-refractivity contribution in [3.63, 3.8) is 0 Å². The van der Waals surface area contributed by atoms with Gasteiger partial charge >= 0.3 is 12.7 Å². The van der Waals surface area contributed by atoms with E-state index >= 15 is 0 Å². The van der Waals surface area contributed by atoms with Crippen molar-refractivity contribution in [1.29, 1.82) is 0 Å². The summed E-state index contributed by atoms with van der Waals surface area (Å²) >= 11 is 0. The number of hydrogen-bond acceptors (Lipinski definition) is 9. The molecule has 0 bridgehead atoms. The third-order valence-electron chi connectivity index (χ3n) is 7.19. The van der Waals surface area contributed by atoms with Crippen LogP contribution < -0.4 is 14.8 Å². The van der Waals surface area contributed by atoms with Gasteiger partial charge in [0.1, 0.15) is 39.7 Å². The van der Waals surface area contributed by atoms with Crippen LogP contribution in [0.2, 0.25) is 0 Å². The van der Waals surface area contributed by atoms with Gasteiger partial charge < -0.3 is 29.5 Å². The van der Waals surface area contributed by atoms with Gasteiger partial charge in [0.15, 0.2) is 5.65 Å². The smallest absolute Gasteiger partial charge is 0.410 e. The molecule has 6 rings (SSSR count). The Labute approximate surface area is 267 Å². The molecule has 0 saturated carbocycles. The Kier molecular flexibility index (Phi) is 8.01. The Morgan fingerprint density at radius 3 is 2.60 bits per heavy atom. The average molecular weight is 648 g/mol. The number of carbonyl (C=O) groups excluding carboxylic acids is 2. The van der Waals surface area contributed by atoms with Crippen LogP contribution in [0.25, 0.3) is 16.9 Å². The molecular weight excluding hydrogens is 616 g/mol. The van der Waals surface area contributed by atoms with Crippen LogP contribution in [-0.2, 0) is 17.4 Å². The Morgan fingerprint density at radius 2 is 1.85 bits per heavy atom. The van der Waals surface area contributed by atoms with Gasteiger partial charge in [-0.3, -0.25) is 9.48 Å². The molecule has 0 unspecified atom stereocenters. The first-order chi connectivity index (χ1) is 22.3. The van der Waals surface area contributed by atoms with E-state index in [0.717, 1.165) is 0 Å². The number of alkyl halides is 2. The van der Waals surface area contributed by atoms with Gasteiger partial charge in [-0.25, -0.2) is 14.3 Å². The standard InChI is InChI=1S/C32H31F2N7O6/c1-31(2,3)47-30(43)40-17-32(44,18-40)19-7-5-8-20(13-19)45-21-9-10-25(46-29(33)34)22(14-21)26-24(16-39(4)38-26)37-28(42)23-15-36-41-12-6-11-35-27(23)41/h5-16,29,44H,17-18H2,1-4H3,(H,37,42). The van der Waals surface area contributed by atoms with E-state index in [2.05, 4.69) is 20.5 Å². The van der Waals surface area contributed by atoms with Crippen molar-refractivity contribution < 1.29 is 37.7 Å². The van der Waals surface area contributed by atoms with E-state index in [1.54, 1.807) is 64.3 Å². The van der Waals surface area contributed by atoms with E-state index < -0.39 is 29.8 Å². The molecule has 47 heavy (non-hydrogen) atoms. The number of halogens is 2. The van der Waals surface area contributed by atoms with E-state index in [9.17, 15) is 23.5 Å². The molecule has 5 aromatic rings. The van der Waals surface area contributed by atoms with Gasteiger partial charge in [0, 0.05) is 25.6 Å². The van der Waals surface area contributed by atoms with Crippen molar-refractivity contribution in [3.8, 4) is 28.5 Å². The summed E-state index contributed by atoms with van der Waals surface area (Å²) in [5, 5.41) is 22.5. The van der Waals surface area contributed by atoms with Crippen molar-refractivity contribution >= 4 is 23.3 Å². The number of hydrogen-bond donors (Lipinski definition) is 2. The van der Waals surface area contributed by atoms with Crippen molar-refractivity contribution in [2.45, 2.75) is 38.6 Å². The average Bonchev–Trinajstić information content (AvgIpc) is 3.58. The highest BCUT2D eigenvalue weighted by Gasteiger charge is 2.46. The Balaban J connectivity index is 1.25. The molecule has 4 heterocycles. The van der Waals surface area contributed by atoms with E-state index in [4.69, 9.17) is 14.2 Å². The monoisotopic (exact) mass is 647 g/mol. The second kappa shape index (κ2) is 12.0. The highest BCUT2D eigenvalue weighted by atomic mass is 19.3. The maximum atomic E-state index is 13.4. The zero-order chi connectivity index (χ0) is 33.5. The van der Waals surface area contributed by atoms with Crippen LogP contribution >= 0.6 is 0 Å². The predicted octanol–water partition coefficient (Wildman–Crippen LogP) is 5.21. The Morgan fingerprint density at radius 1 is 1.09 bits per heavy atom. The van der Waals surface area contributed by atoms with Crippen molar-refractivity contribution in [2.24, 2.45) is 7.05 Å². The van der Waals surface area contributed by atoms with Gasteiger partial charge in [-0.05, 0) is 62.7 Å². The number of benzene rings is 2. The minimum absolute atomic E-state index is 0.0364. The van der Waals surface area contributed by atoms with Crippen molar-refractivity contribution in [3.05, 3.63) is 84.4 Å². The molecule has 13 nitrogen and oxygen atoms in total. The minimum atomic E-state index is -3.13. The van der Waals surface area contributed by atoms with Crippen LogP contribution in [0.3, 0.4) is 0 Å². The lowest BCUT2D eigenvalue weighted by molar-refractivity contribution is -0.103. The van der Waals surface area contributed by atoms with Crippen molar-refractivity contribution in [2.75, 3.05) is 18.4 Å². The summed E-state index contributed by atoms with van der Waals surface area (Å²) in [5.41, 5.74) is -0.445. The van der Waals surface area contributed by atoms with Gasteiger partial charge in [0.25, 0.3) is 5.91 Å². The second-order valence-electron chi connectivity index (χ2n) is 12.0. The van der Waals surface area contributed by atoms with Crippen LogP contribution in [0.15, 0.2) is 73.3 Å². The molecule has 2 amide bonds. The van der Waals surface area contributed by atoms with E-state index in [1.165, 1.54) is 50.9 Å². The number of likely N-dealkylation sites (tertiary alicyclic amines) is 1. The lowest BCUT2D eigenvalue weighted by Crippen LogP contribution is -2.61. The number of fused-ring (bicyclic) bond motifs is 1. The molecule has 1 fully saturated rings. The molecule has 2 aromatic carbocycles. The molecular formula is C32H31F2N7O6. The first kappa shape index (κ1) is 31.4. The summed E-state index contributed by atoms with van der Waals surface area (Å²) in [5.74, 6) is -0.147. The number of nitrogens with zero attached hydrogens (tertiary/aromatic N) is 6. The maximum Gasteiger partial charge on any atom is 0.410 e. The van der Waals surface area contributed by atoms with Gasteiger partial charge in [-0.1, -0.05) is 12.1 Å². The normalized spacial score (nSPS) is 14.2. The number of aromatic nitrogens is 5. The fraction of sp³-hybridized carbons (Fsp3) is 0.281. The lowest BCUT2D eigenvalue weighted by atomic mass is 9.86. The van der Waals surface area contributed by atoms with Gasteiger partial charge in [-0.2, -0.15) is 19.0 Å². The Bertz CT molecular complexity index is 1960. The molecule has 1 saturated heterocycles. The highest BCUT2D eigenvalue weighted by molar-refractivity contribution is 6.09. The van der Waals surface area contributed by atoms with Crippen molar-refractivity contribution in [1.82, 2.24) is 29.3 Å². The molecule has 244 valence electrons. The van der Waals surface area contributed by atoms with Crippen LogP contribution in [0, 0.1) is 0 Å². The van der Waals surface area contributed by atoms with Gasteiger partial charge in [0.05, 0.1) is 30.5 Å². The van der Waals surface area contributed by atoms with E-state index in [-0.39, 0.29) is 47.1 Å². The van der Waals surface area contributed by atoms with Crippen LogP contribution in [0.5, 0.6) is 17.2 Å². The number of rotatable bonds is 8. The fourth-order valence-corrected chi connectivity index (χ4v) is 5.12. The SMILES string of the molecule is Cn1cc(NC(=O)c2cnn3cccnc23)c(-c2cc(Oc3cccc(C4(O)CN(C(=O)OC(C)(C)C)C4)c3)ccc2OC(F)F)n1. The number of carbonyl (C=O) groups is 2. The molecule has 0 spiro atoms. The number of ether oxygens (including phenoxy) is 3. The molecule has 1 aliphatic rings. The topological polar surface area (TPSA) is 145 Å². The number of nitrogens with one attached hydrogen (secondary N) is 1. The molecule has 1 aliphatic heterocycles. The summed E-state index contributed by atoms with van der Waals surface area (Å²) in [4.78, 5) is 31.2. The molecule has 0 radical (unpaired) electrons. The first-order valence-electron chi connectivity index (χ1n) is 14.5. The molecule has 2 N–H and O–H groups in total. The van der Waals surface area contributed by atoms with Gasteiger partial charge in [-0.15, -0.1) is 0 Å². The zero-order valence-electron chi connectivity index (χ0n) is 25.8. The molecule has 0 aliphatic carbocycles. The molecule has 15 heteroatoms. The minimum Gasteiger partial charge on any atom is -0.457 e. The largest absolute Gasteiger partial charge is 0.457 e. The summed E-state index contributed by atoms with van der Waals surface area (Å²) < 4.78 is 46.0. The third kappa shape index (κ3) is 6.70. The number of amides is 2. The third-order valence-corrected chi connectivity index (χ3v) is 7.19. The highest BCUT2D eigenvalue weighted by Crippen LogP contribution is 2.40. The van der Waals surface area contributed by atoms with E-state index in [1.807, 2.05) is 0 Å². The number of anilines is 1. The number of aliphatic hydroxyl groups is 1. The predicted molar refractivity (Wildman–Crippen MR) is 164 cm³/mol. The first-order valence-corrected chi connectivity index (χ1v) is 14.5. The van der Waals surface area contributed by atoms with Gasteiger partial charge in [0.2, 0.25) is 0 Å². The van der Waals surface area contributed by atoms with E-state index in [0.29, 0.717) is 17.0 Å². The van der Waals surface area contributed by atoms with Crippen LogP contribution in [0.1, 0.15) is 36.7 Å². The van der Waals surface area contributed by atoms with Crippen LogP contribution in [0.4, 0.5) is 19.3 Å². The summed E-state index contributed by atoms with van der Waals surface area (Å²) in [6, 6.07) is 12.6. The molecule has 3 aromatic heterocycles. The second-order valence-corrected chi connectivity index (χ2v) is 12.0. The molecule has 0 atom stereocenters. The van der Waals surface area contributed by atoms with Crippen LogP contribution in [-0.4, -0.2) is 71.7 Å².